The van der Waals surface area contributed by atoms with Gasteiger partial charge in [-0.15, -0.1) is 0 Å². The predicted molar refractivity (Wildman–Crippen MR) is 60.8 cm³/mol. The lowest BCUT2D eigenvalue weighted by Crippen LogP contribution is -2.33. The number of hydrogen-bond donors (Lipinski definition) is 3. The summed E-state index contributed by atoms with van der Waals surface area (Å²) in [7, 11) is 0. The maximum atomic E-state index is 13.0. The molecule has 0 aromatic heterocycles. The molecule has 0 saturated carbocycles. The van der Waals surface area contributed by atoms with Crippen molar-refractivity contribution in [2.24, 2.45) is 0 Å². The van der Waals surface area contributed by atoms with Crippen molar-refractivity contribution >= 4 is 0 Å². The number of hydrogen-bond acceptors (Lipinski definition) is 3. The molecule has 0 aliphatic rings. The van der Waals surface area contributed by atoms with Crippen LogP contribution in [0.5, 0.6) is 5.75 Å². The fourth-order valence-corrected chi connectivity index (χ4v) is 1.62. The van der Waals surface area contributed by atoms with Crippen LogP contribution in [0.2, 0.25) is 0 Å². The van der Waals surface area contributed by atoms with Crippen molar-refractivity contribution in [1.82, 2.24) is 5.32 Å². The summed E-state index contributed by atoms with van der Waals surface area (Å²) in [5.74, 6) is -0.312. The van der Waals surface area contributed by atoms with Gasteiger partial charge in [0.1, 0.15) is 11.6 Å². The molecule has 0 fully saturated rings. The van der Waals surface area contributed by atoms with E-state index in [1.54, 1.807) is 0 Å². The van der Waals surface area contributed by atoms with Crippen LogP contribution >= 0.6 is 0 Å². The maximum Gasteiger partial charge on any atom is 0.123 e. The molecule has 1 aromatic rings. The molecule has 1 rings (SSSR count). The molecular weight excluding hydrogens is 209 g/mol. The van der Waals surface area contributed by atoms with E-state index in [1.165, 1.54) is 18.2 Å². The zero-order valence-corrected chi connectivity index (χ0v) is 9.57. The summed E-state index contributed by atoms with van der Waals surface area (Å²) in [6.07, 6.45) is 0.775. The van der Waals surface area contributed by atoms with Crippen LogP contribution in [0.3, 0.4) is 0 Å². The Balaban J connectivity index is 2.79. The number of aliphatic hydroxyl groups is 1. The lowest BCUT2D eigenvalue weighted by molar-refractivity contribution is 0.229. The summed E-state index contributed by atoms with van der Waals surface area (Å²) >= 11 is 0. The highest BCUT2D eigenvalue weighted by molar-refractivity contribution is 5.34. The third-order valence-corrected chi connectivity index (χ3v) is 2.65. The first-order valence-corrected chi connectivity index (χ1v) is 5.43. The van der Waals surface area contributed by atoms with Crippen molar-refractivity contribution in [3.8, 4) is 5.75 Å². The molecule has 2 atom stereocenters. The van der Waals surface area contributed by atoms with E-state index >= 15 is 0 Å². The Kier molecular flexibility index (Phi) is 4.71. The molecule has 0 heterocycles. The van der Waals surface area contributed by atoms with E-state index in [0.29, 0.717) is 5.56 Å². The van der Waals surface area contributed by atoms with E-state index in [2.05, 4.69) is 5.32 Å². The van der Waals surface area contributed by atoms with E-state index < -0.39 is 0 Å². The van der Waals surface area contributed by atoms with Gasteiger partial charge in [-0.25, -0.2) is 4.39 Å². The summed E-state index contributed by atoms with van der Waals surface area (Å²) in [6, 6.07) is 3.61. The predicted octanol–water partition coefficient (Wildman–Crippen LogP) is 1.95. The fourth-order valence-electron chi connectivity index (χ4n) is 1.62. The Labute approximate surface area is 94.9 Å². The Bertz CT molecular complexity index is 340. The van der Waals surface area contributed by atoms with Crippen molar-refractivity contribution in [3.63, 3.8) is 0 Å². The molecule has 2 unspecified atom stereocenters. The third kappa shape index (κ3) is 3.18. The van der Waals surface area contributed by atoms with Gasteiger partial charge in [-0.2, -0.15) is 0 Å². The van der Waals surface area contributed by atoms with Crippen LogP contribution in [0, 0.1) is 5.82 Å². The van der Waals surface area contributed by atoms with Crippen molar-refractivity contribution in [1.29, 1.82) is 0 Å². The van der Waals surface area contributed by atoms with Crippen LogP contribution < -0.4 is 5.32 Å². The molecule has 0 bridgehead atoms. The molecule has 4 heteroatoms. The van der Waals surface area contributed by atoms with Gasteiger partial charge in [-0.3, -0.25) is 0 Å². The molecule has 0 aliphatic carbocycles. The van der Waals surface area contributed by atoms with E-state index in [1.807, 2.05) is 13.8 Å². The van der Waals surface area contributed by atoms with Crippen LogP contribution in [0.1, 0.15) is 31.9 Å². The molecule has 0 aliphatic heterocycles. The standard InChI is InChI=1S/C12H18FNO2/c1-3-10(7-15)14-8(2)11-6-9(13)4-5-12(11)16/h4-6,8,10,14-16H,3,7H2,1-2H3. The summed E-state index contributed by atoms with van der Waals surface area (Å²) in [6.45, 7) is 3.80. The van der Waals surface area contributed by atoms with Gasteiger partial charge >= 0.3 is 0 Å². The summed E-state index contributed by atoms with van der Waals surface area (Å²) < 4.78 is 13.0. The van der Waals surface area contributed by atoms with Gasteiger partial charge in [-0.1, -0.05) is 6.92 Å². The van der Waals surface area contributed by atoms with Gasteiger partial charge in [0.05, 0.1) is 6.61 Å². The average molecular weight is 227 g/mol. The summed E-state index contributed by atoms with van der Waals surface area (Å²) in [5, 5.41) is 21.8. The van der Waals surface area contributed by atoms with E-state index in [4.69, 9.17) is 5.11 Å². The van der Waals surface area contributed by atoms with Gasteiger partial charge in [0.25, 0.3) is 0 Å². The maximum absolute atomic E-state index is 13.0. The third-order valence-electron chi connectivity index (χ3n) is 2.65. The zero-order valence-electron chi connectivity index (χ0n) is 9.57. The largest absolute Gasteiger partial charge is 0.508 e. The van der Waals surface area contributed by atoms with Gasteiger partial charge in [0, 0.05) is 17.6 Å². The molecule has 3 nitrogen and oxygen atoms in total. The number of aromatic hydroxyl groups is 1. The fraction of sp³-hybridized carbons (Fsp3) is 0.500. The minimum atomic E-state index is -0.376. The number of phenolic OH excluding ortho intramolecular Hbond substituents is 1. The van der Waals surface area contributed by atoms with Crippen molar-refractivity contribution < 1.29 is 14.6 Å². The second-order valence-electron chi connectivity index (χ2n) is 3.88. The number of benzene rings is 1. The van der Waals surface area contributed by atoms with Crippen molar-refractivity contribution in [3.05, 3.63) is 29.6 Å². The number of aliphatic hydroxyl groups excluding tert-OH is 1. The lowest BCUT2D eigenvalue weighted by Gasteiger charge is -2.21. The van der Waals surface area contributed by atoms with Crippen LogP contribution in [-0.4, -0.2) is 22.9 Å². The van der Waals surface area contributed by atoms with Gasteiger partial charge in [0.15, 0.2) is 0 Å². The Morgan fingerprint density at radius 2 is 2.12 bits per heavy atom. The van der Waals surface area contributed by atoms with E-state index in [9.17, 15) is 9.50 Å². The minimum Gasteiger partial charge on any atom is -0.508 e. The lowest BCUT2D eigenvalue weighted by atomic mass is 10.1. The first kappa shape index (κ1) is 12.9. The first-order valence-electron chi connectivity index (χ1n) is 5.43. The Hall–Kier alpha value is -1.13. The average Bonchev–Trinajstić information content (AvgIpc) is 2.28. The highest BCUT2D eigenvalue weighted by Crippen LogP contribution is 2.25. The molecule has 16 heavy (non-hydrogen) atoms. The number of phenols is 1. The van der Waals surface area contributed by atoms with Crippen LogP contribution in [0.15, 0.2) is 18.2 Å². The first-order chi connectivity index (χ1) is 7.58. The molecule has 0 amide bonds. The molecule has 90 valence electrons. The van der Waals surface area contributed by atoms with Crippen LogP contribution in [-0.2, 0) is 0 Å². The highest BCUT2D eigenvalue weighted by Gasteiger charge is 2.14. The molecule has 0 radical (unpaired) electrons. The second kappa shape index (κ2) is 5.82. The van der Waals surface area contributed by atoms with Gasteiger partial charge in [0.2, 0.25) is 0 Å². The number of halogens is 1. The Morgan fingerprint density at radius 3 is 2.69 bits per heavy atom. The van der Waals surface area contributed by atoms with Gasteiger partial charge < -0.3 is 15.5 Å². The topological polar surface area (TPSA) is 52.5 Å². The quantitative estimate of drug-likeness (QED) is 0.720. The van der Waals surface area contributed by atoms with Gasteiger partial charge in [-0.05, 0) is 31.5 Å². The van der Waals surface area contributed by atoms with Crippen LogP contribution in [0.4, 0.5) is 4.39 Å². The monoisotopic (exact) mass is 227 g/mol. The molecule has 1 aromatic carbocycles. The SMILES string of the molecule is CCC(CO)NC(C)c1cc(F)ccc1O. The van der Waals surface area contributed by atoms with E-state index in [0.717, 1.165) is 6.42 Å². The highest BCUT2D eigenvalue weighted by atomic mass is 19.1. The molecule has 3 N–H and O–H groups in total. The van der Waals surface area contributed by atoms with Crippen molar-refractivity contribution in [2.75, 3.05) is 6.61 Å². The summed E-state index contributed by atoms with van der Waals surface area (Å²) in [4.78, 5) is 0. The smallest absolute Gasteiger partial charge is 0.123 e. The second-order valence-corrected chi connectivity index (χ2v) is 3.88. The molecular formula is C12H18FNO2. The molecule has 0 saturated heterocycles. The number of nitrogens with one attached hydrogen (secondary N) is 1. The summed E-state index contributed by atoms with van der Waals surface area (Å²) in [5.41, 5.74) is 0.506. The van der Waals surface area contributed by atoms with Crippen molar-refractivity contribution in [2.45, 2.75) is 32.4 Å². The number of rotatable bonds is 5. The normalized spacial score (nSPS) is 14.8. The zero-order chi connectivity index (χ0) is 12.1. The Morgan fingerprint density at radius 1 is 1.44 bits per heavy atom. The van der Waals surface area contributed by atoms with Crippen LogP contribution in [0.25, 0.3) is 0 Å². The molecule has 0 spiro atoms. The van der Waals surface area contributed by atoms with E-state index in [-0.39, 0.29) is 30.3 Å². The minimum absolute atomic E-state index is 0.0247.